The predicted octanol–water partition coefficient (Wildman–Crippen LogP) is 3.61. The normalized spacial score (nSPS) is 21.4. The van der Waals surface area contributed by atoms with Crippen molar-refractivity contribution in [2.45, 2.75) is 27.2 Å². The average Bonchev–Trinajstić information content (AvgIpc) is 2.98. The lowest BCUT2D eigenvalue weighted by atomic mass is 9.92. The molecule has 1 aliphatic rings. The van der Waals surface area contributed by atoms with Gasteiger partial charge in [-0.05, 0) is 42.9 Å². The molecule has 5 heteroatoms. The van der Waals surface area contributed by atoms with Crippen LogP contribution in [0.3, 0.4) is 0 Å². The summed E-state index contributed by atoms with van der Waals surface area (Å²) in [7, 11) is 0. The van der Waals surface area contributed by atoms with E-state index in [2.05, 4.69) is 58.9 Å². The lowest BCUT2D eigenvalue weighted by molar-refractivity contribution is 0.356. The van der Waals surface area contributed by atoms with Crippen molar-refractivity contribution in [1.29, 1.82) is 0 Å². The van der Waals surface area contributed by atoms with Crippen molar-refractivity contribution in [2.75, 3.05) is 18.0 Å². The molecule has 0 bridgehead atoms. The van der Waals surface area contributed by atoms with Crippen LogP contribution in [0.1, 0.15) is 25.8 Å². The summed E-state index contributed by atoms with van der Waals surface area (Å²) >= 11 is 0. The molecule has 4 rings (SSSR count). The number of aryl methyl sites for hydroxylation is 1. The number of hydrogen-bond acceptors (Lipinski definition) is 4. The van der Waals surface area contributed by atoms with Gasteiger partial charge in [-0.2, -0.15) is 5.10 Å². The fourth-order valence-electron chi connectivity index (χ4n) is 3.87. The Balaban J connectivity index is 1.79. The van der Waals surface area contributed by atoms with E-state index in [9.17, 15) is 0 Å². The smallest absolute Gasteiger partial charge is 0.168 e. The quantitative estimate of drug-likeness (QED) is 0.723. The van der Waals surface area contributed by atoms with Gasteiger partial charge in [-0.3, -0.25) is 0 Å². The summed E-state index contributed by atoms with van der Waals surface area (Å²) in [6.07, 6.45) is 4.85. The molecule has 3 heterocycles. The van der Waals surface area contributed by atoms with Crippen molar-refractivity contribution in [3.05, 3.63) is 42.4 Å². The molecule has 2 atom stereocenters. The zero-order chi connectivity index (χ0) is 16.7. The lowest BCUT2D eigenvalue weighted by Crippen LogP contribution is -2.39. The molecule has 0 unspecified atom stereocenters. The minimum Gasteiger partial charge on any atom is -0.355 e. The first-order valence-corrected chi connectivity index (χ1v) is 8.62. The summed E-state index contributed by atoms with van der Waals surface area (Å²) in [5, 5.41) is 5.62. The van der Waals surface area contributed by atoms with Gasteiger partial charge in [0.25, 0.3) is 0 Å². The number of aromatic nitrogens is 4. The van der Waals surface area contributed by atoms with E-state index in [0.717, 1.165) is 35.6 Å². The monoisotopic (exact) mass is 321 g/mol. The summed E-state index contributed by atoms with van der Waals surface area (Å²) in [5.41, 5.74) is 3.12. The van der Waals surface area contributed by atoms with Crippen molar-refractivity contribution in [2.24, 2.45) is 11.8 Å². The van der Waals surface area contributed by atoms with Gasteiger partial charge in [0.05, 0.1) is 17.3 Å². The fraction of sp³-hybridized carbons (Fsp3) is 0.421. The molecule has 24 heavy (non-hydrogen) atoms. The molecule has 0 spiro atoms. The van der Waals surface area contributed by atoms with Gasteiger partial charge in [-0.15, -0.1) is 0 Å². The zero-order valence-corrected chi connectivity index (χ0v) is 14.5. The van der Waals surface area contributed by atoms with Crippen LogP contribution >= 0.6 is 0 Å². The second-order valence-corrected chi connectivity index (χ2v) is 7.18. The summed E-state index contributed by atoms with van der Waals surface area (Å²) in [6, 6.07) is 8.33. The molecule has 1 aromatic carbocycles. The third-order valence-corrected chi connectivity index (χ3v) is 4.76. The molecule has 1 aliphatic heterocycles. The lowest BCUT2D eigenvalue weighted by Gasteiger charge is -2.35. The van der Waals surface area contributed by atoms with E-state index in [-0.39, 0.29) is 0 Å². The molecule has 0 aliphatic carbocycles. The van der Waals surface area contributed by atoms with Crippen molar-refractivity contribution in [3.8, 4) is 5.69 Å². The van der Waals surface area contributed by atoms with Crippen LogP contribution < -0.4 is 4.90 Å². The molecular weight excluding hydrogens is 298 g/mol. The van der Waals surface area contributed by atoms with Crippen molar-refractivity contribution in [1.82, 2.24) is 19.7 Å². The molecule has 1 fully saturated rings. The standard InChI is InChI=1S/C19H23N5/c1-13-5-4-6-16(8-13)24-19-17(9-22-24)18(20-12-21-19)23-10-14(2)7-15(3)11-23/h4-6,8-9,12,14-15H,7,10-11H2,1-3H3/t14-,15-/m1/s1. The maximum absolute atomic E-state index is 4.59. The Morgan fingerprint density at radius 1 is 1.08 bits per heavy atom. The largest absolute Gasteiger partial charge is 0.355 e. The molecule has 124 valence electrons. The predicted molar refractivity (Wildman–Crippen MR) is 96.6 cm³/mol. The summed E-state index contributed by atoms with van der Waals surface area (Å²) in [4.78, 5) is 11.5. The Morgan fingerprint density at radius 2 is 1.88 bits per heavy atom. The molecule has 0 radical (unpaired) electrons. The second-order valence-electron chi connectivity index (χ2n) is 7.18. The van der Waals surface area contributed by atoms with Crippen molar-refractivity contribution < 1.29 is 0 Å². The van der Waals surface area contributed by atoms with Gasteiger partial charge >= 0.3 is 0 Å². The van der Waals surface area contributed by atoms with Crippen LogP contribution in [0.25, 0.3) is 16.7 Å². The Hall–Kier alpha value is -2.43. The first kappa shape index (κ1) is 15.1. The van der Waals surface area contributed by atoms with E-state index in [4.69, 9.17) is 0 Å². The average molecular weight is 321 g/mol. The van der Waals surface area contributed by atoms with Gasteiger partial charge < -0.3 is 4.90 Å². The first-order chi connectivity index (χ1) is 11.6. The van der Waals surface area contributed by atoms with Crippen LogP contribution in [0.5, 0.6) is 0 Å². The van der Waals surface area contributed by atoms with Crippen LogP contribution in [-0.2, 0) is 0 Å². The molecule has 2 aromatic heterocycles. The van der Waals surface area contributed by atoms with E-state index in [1.54, 1.807) is 6.33 Å². The molecule has 0 N–H and O–H groups in total. The van der Waals surface area contributed by atoms with Crippen molar-refractivity contribution >= 4 is 16.9 Å². The highest BCUT2D eigenvalue weighted by atomic mass is 15.3. The Labute approximate surface area is 142 Å². The zero-order valence-electron chi connectivity index (χ0n) is 14.5. The van der Waals surface area contributed by atoms with Gasteiger partial charge in [0.1, 0.15) is 12.1 Å². The van der Waals surface area contributed by atoms with Crippen LogP contribution in [0, 0.1) is 18.8 Å². The van der Waals surface area contributed by atoms with E-state index >= 15 is 0 Å². The minimum absolute atomic E-state index is 0.686. The number of fused-ring (bicyclic) bond motifs is 1. The highest BCUT2D eigenvalue weighted by Gasteiger charge is 2.25. The number of benzene rings is 1. The Bertz CT molecular complexity index is 859. The molecular formula is C19H23N5. The highest BCUT2D eigenvalue weighted by Crippen LogP contribution is 2.30. The van der Waals surface area contributed by atoms with Gasteiger partial charge in [0.2, 0.25) is 0 Å². The number of piperidine rings is 1. The van der Waals surface area contributed by atoms with E-state index in [1.807, 2.05) is 16.9 Å². The molecule has 3 aromatic rings. The number of hydrogen-bond donors (Lipinski definition) is 0. The van der Waals surface area contributed by atoms with Gasteiger partial charge in [0, 0.05) is 13.1 Å². The number of nitrogens with zero attached hydrogens (tertiary/aromatic N) is 5. The molecule has 1 saturated heterocycles. The second kappa shape index (κ2) is 5.89. The maximum Gasteiger partial charge on any atom is 0.168 e. The Morgan fingerprint density at radius 3 is 2.62 bits per heavy atom. The third kappa shape index (κ3) is 2.64. The SMILES string of the molecule is Cc1cccc(-n2ncc3c(N4C[C@H](C)C[C@@H](C)C4)ncnc32)c1. The fourth-order valence-corrected chi connectivity index (χ4v) is 3.87. The Kier molecular flexibility index (Phi) is 3.71. The molecule has 0 amide bonds. The van der Waals surface area contributed by atoms with Crippen molar-refractivity contribution in [3.63, 3.8) is 0 Å². The summed E-state index contributed by atoms with van der Waals surface area (Å²) in [5.74, 6) is 2.38. The van der Waals surface area contributed by atoms with E-state index in [0.29, 0.717) is 11.8 Å². The number of rotatable bonds is 2. The summed E-state index contributed by atoms with van der Waals surface area (Å²) < 4.78 is 1.91. The molecule has 5 nitrogen and oxygen atoms in total. The number of anilines is 1. The van der Waals surface area contributed by atoms with Gasteiger partial charge in [-0.25, -0.2) is 14.6 Å². The van der Waals surface area contributed by atoms with Crippen LogP contribution in [0.4, 0.5) is 5.82 Å². The van der Waals surface area contributed by atoms with Crippen LogP contribution in [0.2, 0.25) is 0 Å². The minimum atomic E-state index is 0.686. The van der Waals surface area contributed by atoms with Gasteiger partial charge in [-0.1, -0.05) is 26.0 Å². The van der Waals surface area contributed by atoms with E-state index in [1.165, 1.54) is 12.0 Å². The highest BCUT2D eigenvalue weighted by molar-refractivity contribution is 5.87. The van der Waals surface area contributed by atoms with Crippen LogP contribution in [0.15, 0.2) is 36.8 Å². The first-order valence-electron chi connectivity index (χ1n) is 8.62. The summed E-state index contributed by atoms with van der Waals surface area (Å²) in [6.45, 7) is 8.82. The molecule has 0 saturated carbocycles. The topological polar surface area (TPSA) is 46.8 Å². The van der Waals surface area contributed by atoms with E-state index < -0.39 is 0 Å². The third-order valence-electron chi connectivity index (χ3n) is 4.76. The van der Waals surface area contributed by atoms with Crippen LogP contribution in [-0.4, -0.2) is 32.8 Å². The maximum atomic E-state index is 4.59. The van der Waals surface area contributed by atoms with Gasteiger partial charge in [0.15, 0.2) is 5.65 Å².